The number of hydrogen-bond donors (Lipinski definition) is 2. The third-order valence-electron chi connectivity index (χ3n) is 6.12. The van der Waals surface area contributed by atoms with Crippen molar-refractivity contribution in [3.8, 4) is 17.1 Å². The number of aryl methyl sites for hydroxylation is 2. The number of benzene rings is 2. The van der Waals surface area contributed by atoms with Gasteiger partial charge < -0.3 is 10.3 Å². The molecule has 6 rings (SSSR count). The van der Waals surface area contributed by atoms with E-state index in [2.05, 4.69) is 42.3 Å². The SMILES string of the molecule is Cc1ccc(-n2nc(C)cc2NC(=O)CSc2nnc(-c3c[nH]c4ccccc34)n2C2CC2)cc1. The summed E-state index contributed by atoms with van der Waals surface area (Å²) in [6.45, 7) is 3.96. The third kappa shape index (κ3) is 4.23. The Hall–Kier alpha value is -3.85. The van der Waals surface area contributed by atoms with Gasteiger partial charge in [0.15, 0.2) is 11.0 Å². The predicted octanol–water partition coefficient (Wildman–Crippen LogP) is 5.29. The number of hydrogen-bond acceptors (Lipinski definition) is 5. The molecular formula is C26H25N7OS. The summed E-state index contributed by atoms with van der Waals surface area (Å²) in [5, 5.41) is 18.4. The summed E-state index contributed by atoms with van der Waals surface area (Å²) >= 11 is 1.41. The molecule has 8 nitrogen and oxygen atoms in total. The molecule has 9 heteroatoms. The first kappa shape index (κ1) is 21.7. The largest absolute Gasteiger partial charge is 0.360 e. The van der Waals surface area contributed by atoms with E-state index >= 15 is 0 Å². The Bertz CT molecular complexity index is 1530. The Morgan fingerprint density at radius 2 is 1.91 bits per heavy atom. The van der Waals surface area contributed by atoms with Crippen molar-refractivity contribution in [2.24, 2.45) is 0 Å². The summed E-state index contributed by atoms with van der Waals surface area (Å²) in [5.41, 5.74) is 5.02. The number of rotatable bonds is 7. The summed E-state index contributed by atoms with van der Waals surface area (Å²) in [6, 6.07) is 18.5. The maximum Gasteiger partial charge on any atom is 0.236 e. The zero-order valence-corrected chi connectivity index (χ0v) is 20.3. The number of fused-ring (bicyclic) bond motifs is 1. The van der Waals surface area contributed by atoms with Gasteiger partial charge in [0.1, 0.15) is 5.82 Å². The van der Waals surface area contributed by atoms with Crippen LogP contribution in [0.4, 0.5) is 5.82 Å². The minimum absolute atomic E-state index is 0.109. The Labute approximate surface area is 206 Å². The Kier molecular flexibility index (Phi) is 5.41. The van der Waals surface area contributed by atoms with Crippen molar-refractivity contribution in [3.05, 3.63) is 72.1 Å². The van der Waals surface area contributed by atoms with Gasteiger partial charge in [-0.3, -0.25) is 9.36 Å². The summed E-state index contributed by atoms with van der Waals surface area (Å²) in [5.74, 6) is 1.62. The van der Waals surface area contributed by atoms with Gasteiger partial charge in [-0.25, -0.2) is 4.68 Å². The van der Waals surface area contributed by atoms with Crippen LogP contribution < -0.4 is 5.32 Å². The highest BCUT2D eigenvalue weighted by Crippen LogP contribution is 2.42. The highest BCUT2D eigenvalue weighted by Gasteiger charge is 2.31. The lowest BCUT2D eigenvalue weighted by Crippen LogP contribution is -2.17. The van der Waals surface area contributed by atoms with E-state index in [1.54, 1.807) is 4.68 Å². The van der Waals surface area contributed by atoms with Gasteiger partial charge in [-0.15, -0.1) is 10.2 Å². The van der Waals surface area contributed by atoms with Crippen LogP contribution in [0, 0.1) is 13.8 Å². The van der Waals surface area contributed by atoms with Crippen LogP contribution in [-0.2, 0) is 4.79 Å². The number of nitrogens with zero attached hydrogens (tertiary/aromatic N) is 5. The van der Waals surface area contributed by atoms with Gasteiger partial charge in [-0.2, -0.15) is 5.10 Å². The molecule has 5 aromatic rings. The number of aromatic amines is 1. The van der Waals surface area contributed by atoms with Crippen LogP contribution >= 0.6 is 11.8 Å². The van der Waals surface area contributed by atoms with Gasteiger partial charge in [-0.05, 0) is 44.9 Å². The zero-order valence-electron chi connectivity index (χ0n) is 19.5. The topological polar surface area (TPSA) is 93.4 Å². The lowest BCUT2D eigenvalue weighted by atomic mass is 10.1. The first-order valence-electron chi connectivity index (χ1n) is 11.6. The lowest BCUT2D eigenvalue weighted by Gasteiger charge is -2.10. The van der Waals surface area contributed by atoms with Crippen molar-refractivity contribution in [1.29, 1.82) is 0 Å². The quantitative estimate of drug-likeness (QED) is 0.307. The number of para-hydroxylation sites is 1. The van der Waals surface area contributed by atoms with Crippen molar-refractivity contribution in [2.75, 3.05) is 11.1 Å². The first-order valence-corrected chi connectivity index (χ1v) is 12.6. The number of carbonyl (C=O) groups excluding carboxylic acids is 1. The maximum atomic E-state index is 12.9. The van der Waals surface area contributed by atoms with E-state index < -0.39 is 0 Å². The van der Waals surface area contributed by atoms with Crippen molar-refractivity contribution < 1.29 is 4.79 Å². The number of nitrogens with one attached hydrogen (secondary N) is 2. The molecule has 0 radical (unpaired) electrons. The highest BCUT2D eigenvalue weighted by molar-refractivity contribution is 7.99. The Morgan fingerprint density at radius 3 is 2.71 bits per heavy atom. The van der Waals surface area contributed by atoms with Gasteiger partial charge in [0.25, 0.3) is 0 Å². The minimum Gasteiger partial charge on any atom is -0.360 e. The maximum absolute atomic E-state index is 12.9. The molecule has 2 N–H and O–H groups in total. The predicted molar refractivity (Wildman–Crippen MR) is 138 cm³/mol. The molecule has 1 aliphatic carbocycles. The summed E-state index contributed by atoms with van der Waals surface area (Å²) in [4.78, 5) is 16.2. The van der Waals surface area contributed by atoms with Crippen LogP contribution in [0.5, 0.6) is 0 Å². The first-order chi connectivity index (χ1) is 17.1. The molecule has 0 atom stereocenters. The van der Waals surface area contributed by atoms with E-state index in [1.165, 1.54) is 17.3 Å². The summed E-state index contributed by atoms with van der Waals surface area (Å²) in [6.07, 6.45) is 4.19. The van der Waals surface area contributed by atoms with Crippen LogP contribution in [0.1, 0.15) is 30.1 Å². The number of amides is 1. The van der Waals surface area contributed by atoms with Gasteiger partial charge >= 0.3 is 0 Å². The fourth-order valence-corrected chi connectivity index (χ4v) is 5.06. The van der Waals surface area contributed by atoms with E-state index in [-0.39, 0.29) is 11.7 Å². The van der Waals surface area contributed by atoms with Crippen molar-refractivity contribution in [3.63, 3.8) is 0 Å². The number of aromatic nitrogens is 6. The molecule has 0 bridgehead atoms. The summed E-state index contributed by atoms with van der Waals surface area (Å²) < 4.78 is 3.95. The number of H-pyrrole nitrogens is 1. The Morgan fingerprint density at radius 1 is 1.11 bits per heavy atom. The van der Waals surface area contributed by atoms with E-state index in [0.717, 1.165) is 51.7 Å². The lowest BCUT2D eigenvalue weighted by molar-refractivity contribution is -0.113. The van der Waals surface area contributed by atoms with Crippen LogP contribution in [0.15, 0.2) is 66.0 Å². The standard InChI is InChI=1S/C26H25N7OS/c1-16-7-9-19(10-8-16)33-23(13-17(2)31-33)28-24(34)15-35-26-30-29-25(32(26)18-11-12-18)21-14-27-22-6-4-3-5-20(21)22/h3-10,13-14,18,27H,11-12,15H2,1-2H3,(H,28,34). The second-order valence-corrected chi connectivity index (χ2v) is 9.85. The molecule has 1 amide bonds. The van der Waals surface area contributed by atoms with Crippen molar-refractivity contribution >= 4 is 34.4 Å². The monoisotopic (exact) mass is 483 g/mol. The van der Waals surface area contributed by atoms with Crippen LogP contribution in [0.3, 0.4) is 0 Å². The van der Waals surface area contributed by atoms with Crippen molar-refractivity contribution in [2.45, 2.75) is 37.9 Å². The molecule has 1 saturated carbocycles. The molecule has 35 heavy (non-hydrogen) atoms. The smallest absolute Gasteiger partial charge is 0.236 e. The molecule has 1 aliphatic rings. The van der Waals surface area contributed by atoms with Crippen LogP contribution in [0.2, 0.25) is 0 Å². The normalized spacial score (nSPS) is 13.4. The van der Waals surface area contributed by atoms with Crippen molar-refractivity contribution in [1.82, 2.24) is 29.5 Å². The van der Waals surface area contributed by atoms with Gasteiger partial charge in [-0.1, -0.05) is 47.7 Å². The third-order valence-corrected chi connectivity index (χ3v) is 7.06. The van der Waals surface area contributed by atoms with E-state index in [9.17, 15) is 4.79 Å². The van der Waals surface area contributed by atoms with Gasteiger partial charge in [0.05, 0.1) is 17.1 Å². The number of anilines is 1. The average Bonchev–Trinajstić information content (AvgIpc) is 3.29. The zero-order chi connectivity index (χ0) is 23.9. The van der Waals surface area contributed by atoms with Crippen LogP contribution in [-0.4, -0.2) is 41.2 Å². The molecule has 0 aliphatic heterocycles. The molecular weight excluding hydrogens is 458 g/mol. The molecule has 1 fully saturated rings. The van der Waals surface area contributed by atoms with Crippen LogP contribution in [0.25, 0.3) is 28.0 Å². The number of thioether (sulfide) groups is 1. The molecule has 3 heterocycles. The summed E-state index contributed by atoms with van der Waals surface area (Å²) in [7, 11) is 0. The van der Waals surface area contributed by atoms with Gasteiger partial charge in [0.2, 0.25) is 5.91 Å². The number of carbonyl (C=O) groups is 1. The average molecular weight is 484 g/mol. The highest BCUT2D eigenvalue weighted by atomic mass is 32.2. The van der Waals surface area contributed by atoms with Gasteiger partial charge in [0, 0.05) is 34.8 Å². The molecule has 176 valence electrons. The van der Waals surface area contributed by atoms with E-state index in [0.29, 0.717) is 11.9 Å². The minimum atomic E-state index is -0.109. The molecule has 0 saturated heterocycles. The van der Waals surface area contributed by atoms with E-state index in [1.807, 2.05) is 62.5 Å². The fraction of sp³-hybridized carbons (Fsp3) is 0.231. The Balaban J connectivity index is 1.21. The fourth-order valence-electron chi connectivity index (χ4n) is 4.26. The molecule has 0 spiro atoms. The second-order valence-electron chi connectivity index (χ2n) is 8.91. The molecule has 0 unspecified atom stereocenters. The second kappa shape index (κ2) is 8.74. The van der Waals surface area contributed by atoms with E-state index in [4.69, 9.17) is 0 Å². The molecule has 2 aromatic carbocycles. The molecule has 3 aromatic heterocycles.